The van der Waals surface area contributed by atoms with Crippen LogP contribution in [-0.4, -0.2) is 26.8 Å². The molecule has 48 valence electrons. The van der Waals surface area contributed by atoms with Crippen molar-refractivity contribution in [3.05, 3.63) is 0 Å². The minimum absolute atomic E-state index is 0.440. The maximum atomic E-state index is 9.50. The highest BCUT2D eigenvalue weighted by atomic mass is 16.5. The van der Waals surface area contributed by atoms with E-state index in [1.165, 1.54) is 0 Å². The van der Waals surface area contributed by atoms with Gasteiger partial charge in [-0.25, -0.2) is 0 Å². The van der Waals surface area contributed by atoms with Crippen molar-refractivity contribution in [1.29, 1.82) is 0 Å². The van der Waals surface area contributed by atoms with Crippen LogP contribution in [0.25, 0.3) is 0 Å². The van der Waals surface area contributed by atoms with Gasteiger partial charge >= 0.3 is 0 Å². The van der Waals surface area contributed by atoms with Crippen molar-refractivity contribution in [2.45, 2.75) is 6.42 Å². The Labute approximate surface area is 48.6 Å². The highest BCUT2D eigenvalue weighted by molar-refractivity contribution is 5.36. The van der Waals surface area contributed by atoms with Crippen LogP contribution >= 0.6 is 0 Å². The van der Waals surface area contributed by atoms with Gasteiger partial charge in [0.05, 0.1) is 6.61 Å². The zero-order valence-electron chi connectivity index (χ0n) is 4.92. The molecule has 0 bridgehead atoms. The summed E-state index contributed by atoms with van der Waals surface area (Å²) in [6.45, 7) is 1.54. The Balaban J connectivity index is 2.62. The first-order valence-corrected chi connectivity index (χ1v) is 2.46. The van der Waals surface area contributed by atoms with Crippen molar-refractivity contribution in [1.82, 2.24) is 0 Å². The average molecular weight is 118 g/mol. The summed E-state index contributed by atoms with van der Waals surface area (Å²) in [6.07, 6.45) is 0.773. The molecule has 0 aromatic carbocycles. The molecule has 3 heteroatoms. The molecule has 3 nitrogen and oxygen atoms in total. The normalized spacial score (nSPS) is 8.62. The number of carbonyl (C=O) groups is 1. The molecule has 0 aliphatic carbocycles. The molecule has 0 saturated carbocycles. The van der Waals surface area contributed by atoms with Crippen molar-refractivity contribution in [3.8, 4) is 0 Å². The third-order valence-electron chi connectivity index (χ3n) is 0.679. The summed E-state index contributed by atoms with van der Waals surface area (Å²) in [6, 6.07) is 0. The third kappa shape index (κ3) is 5.43. The third-order valence-corrected chi connectivity index (χ3v) is 0.679. The Morgan fingerprint density at radius 3 is 2.75 bits per heavy atom. The first-order chi connectivity index (χ1) is 3.91. The second-order valence-electron chi connectivity index (χ2n) is 1.31. The van der Waals surface area contributed by atoms with E-state index >= 15 is 0 Å². The second-order valence-corrected chi connectivity index (χ2v) is 1.31. The molecule has 0 unspecified atom stereocenters. The van der Waals surface area contributed by atoms with Gasteiger partial charge in [-0.15, -0.1) is 0 Å². The van der Waals surface area contributed by atoms with Crippen molar-refractivity contribution in [3.63, 3.8) is 0 Å². The lowest BCUT2D eigenvalue weighted by Crippen LogP contribution is -1.96. The predicted molar refractivity (Wildman–Crippen MR) is 28.5 cm³/mol. The fourth-order valence-corrected chi connectivity index (χ4v) is 0.335. The van der Waals surface area contributed by atoms with Crippen molar-refractivity contribution in [2.75, 3.05) is 20.3 Å². The Kier molecular flexibility index (Phi) is 5.97. The van der Waals surface area contributed by atoms with Crippen LogP contribution in [0.4, 0.5) is 0 Å². The lowest BCUT2D eigenvalue weighted by molar-refractivity contribution is -0.129. The van der Waals surface area contributed by atoms with E-state index < -0.39 is 0 Å². The molecule has 0 rings (SSSR count). The van der Waals surface area contributed by atoms with E-state index in [9.17, 15) is 4.79 Å². The van der Waals surface area contributed by atoms with Crippen LogP contribution in [-0.2, 0) is 14.3 Å². The highest BCUT2D eigenvalue weighted by Crippen LogP contribution is 1.78. The van der Waals surface area contributed by atoms with E-state index in [0.717, 1.165) is 6.42 Å². The molecule has 0 spiro atoms. The molecule has 0 heterocycles. The molecule has 8 heavy (non-hydrogen) atoms. The SMILES string of the molecule is COCCCOC=O. The zero-order chi connectivity index (χ0) is 6.24. The predicted octanol–water partition coefficient (Wildman–Crippen LogP) is 0.196. The molecule has 0 radical (unpaired) electrons. The van der Waals surface area contributed by atoms with Gasteiger partial charge in [0.2, 0.25) is 0 Å². The quantitative estimate of drug-likeness (QED) is 0.382. The van der Waals surface area contributed by atoms with Crippen molar-refractivity contribution in [2.24, 2.45) is 0 Å². The Bertz CT molecular complexity index is 53.6. The maximum Gasteiger partial charge on any atom is 0.293 e. The number of carbonyl (C=O) groups excluding carboxylic acids is 1. The Hall–Kier alpha value is -0.570. The molecule has 0 atom stereocenters. The van der Waals surface area contributed by atoms with Gasteiger partial charge in [-0.05, 0) is 0 Å². The van der Waals surface area contributed by atoms with Gasteiger partial charge < -0.3 is 9.47 Å². The molecule has 0 saturated heterocycles. The smallest absolute Gasteiger partial charge is 0.293 e. The topological polar surface area (TPSA) is 35.5 Å². The second kappa shape index (κ2) is 6.43. The summed E-state index contributed by atoms with van der Waals surface area (Å²) in [5.74, 6) is 0. The Morgan fingerprint density at radius 2 is 2.25 bits per heavy atom. The lowest BCUT2D eigenvalue weighted by Gasteiger charge is -1.95. The molecular weight excluding hydrogens is 108 g/mol. The van der Waals surface area contributed by atoms with Crippen LogP contribution in [0.5, 0.6) is 0 Å². The number of hydrogen-bond acceptors (Lipinski definition) is 3. The van der Waals surface area contributed by atoms with Gasteiger partial charge in [-0.2, -0.15) is 0 Å². The van der Waals surface area contributed by atoms with E-state index in [1.807, 2.05) is 0 Å². The van der Waals surface area contributed by atoms with Gasteiger partial charge in [0.1, 0.15) is 0 Å². The summed E-state index contributed by atoms with van der Waals surface area (Å²) in [4.78, 5) is 9.50. The minimum Gasteiger partial charge on any atom is -0.468 e. The van der Waals surface area contributed by atoms with Crippen molar-refractivity contribution >= 4 is 6.47 Å². The number of hydrogen-bond donors (Lipinski definition) is 0. The molecule has 0 aliphatic rings. The summed E-state index contributed by atoms with van der Waals surface area (Å²) < 4.78 is 9.07. The van der Waals surface area contributed by atoms with Gasteiger partial charge in [-0.1, -0.05) is 0 Å². The highest BCUT2D eigenvalue weighted by Gasteiger charge is 1.82. The van der Waals surface area contributed by atoms with Crippen LogP contribution < -0.4 is 0 Å². The standard InChI is InChI=1S/C5H10O3/c1-7-3-2-4-8-5-6/h5H,2-4H2,1H3. The van der Waals surface area contributed by atoms with Gasteiger partial charge in [-0.3, -0.25) is 4.79 Å². The zero-order valence-corrected chi connectivity index (χ0v) is 4.92. The first-order valence-electron chi connectivity index (χ1n) is 2.46. The van der Waals surface area contributed by atoms with E-state index in [2.05, 4.69) is 4.74 Å². The van der Waals surface area contributed by atoms with Crippen LogP contribution in [0.2, 0.25) is 0 Å². The number of rotatable bonds is 5. The van der Waals surface area contributed by atoms with E-state index in [1.54, 1.807) is 7.11 Å². The van der Waals surface area contributed by atoms with Gasteiger partial charge in [0.25, 0.3) is 6.47 Å². The van der Waals surface area contributed by atoms with Gasteiger partial charge in [0, 0.05) is 20.1 Å². The minimum atomic E-state index is 0.440. The molecule has 0 aromatic heterocycles. The monoisotopic (exact) mass is 118 g/mol. The lowest BCUT2D eigenvalue weighted by atomic mass is 10.5. The fourth-order valence-electron chi connectivity index (χ4n) is 0.335. The average Bonchev–Trinajstić information content (AvgIpc) is 1.81. The van der Waals surface area contributed by atoms with E-state index in [-0.39, 0.29) is 0 Å². The fraction of sp³-hybridized carbons (Fsp3) is 0.800. The first kappa shape index (κ1) is 7.43. The molecule has 0 N–H and O–H groups in total. The van der Waals surface area contributed by atoms with Crippen LogP contribution in [0.1, 0.15) is 6.42 Å². The summed E-state index contributed by atoms with van der Waals surface area (Å²) in [7, 11) is 1.61. The molecule has 0 amide bonds. The Morgan fingerprint density at radius 1 is 1.50 bits per heavy atom. The summed E-state index contributed by atoms with van der Waals surface area (Å²) >= 11 is 0. The van der Waals surface area contributed by atoms with E-state index in [4.69, 9.17) is 4.74 Å². The van der Waals surface area contributed by atoms with Crippen LogP contribution in [0, 0.1) is 0 Å². The number of methoxy groups -OCH3 is 1. The molecular formula is C5H10O3. The largest absolute Gasteiger partial charge is 0.468 e. The maximum absolute atomic E-state index is 9.50. The van der Waals surface area contributed by atoms with Gasteiger partial charge in [0.15, 0.2) is 0 Å². The number of ether oxygens (including phenoxy) is 2. The summed E-state index contributed by atoms with van der Waals surface area (Å²) in [5, 5.41) is 0. The van der Waals surface area contributed by atoms with Crippen LogP contribution in [0.3, 0.4) is 0 Å². The molecule has 0 fully saturated rings. The van der Waals surface area contributed by atoms with Crippen molar-refractivity contribution < 1.29 is 14.3 Å². The molecule has 0 aromatic rings. The molecule has 0 aliphatic heterocycles. The van der Waals surface area contributed by atoms with E-state index in [0.29, 0.717) is 19.7 Å². The summed E-state index contributed by atoms with van der Waals surface area (Å²) in [5.41, 5.74) is 0. The van der Waals surface area contributed by atoms with Crippen LogP contribution in [0.15, 0.2) is 0 Å².